The maximum Gasteiger partial charge on any atom is 0.435 e. The van der Waals surface area contributed by atoms with Gasteiger partial charge >= 0.3 is 6.18 Å². The molecule has 30 heavy (non-hydrogen) atoms. The van der Waals surface area contributed by atoms with Crippen LogP contribution in [-0.2, 0) is 24.6 Å². The van der Waals surface area contributed by atoms with E-state index in [1.165, 1.54) is 14.2 Å². The quantitative estimate of drug-likeness (QED) is 0.632. The van der Waals surface area contributed by atoms with Crippen LogP contribution in [0.5, 0.6) is 11.5 Å². The number of ether oxygens (including phenoxy) is 2. The molecule has 0 aliphatic carbocycles. The monoisotopic (exact) mass is 423 g/mol. The van der Waals surface area contributed by atoms with Crippen molar-refractivity contribution < 1.29 is 27.4 Å². The molecule has 1 aromatic carbocycles. The lowest BCUT2D eigenvalue weighted by Gasteiger charge is -2.20. The first-order valence-corrected chi connectivity index (χ1v) is 8.81. The predicted molar refractivity (Wildman–Crippen MR) is 100.0 cm³/mol. The third kappa shape index (κ3) is 4.73. The van der Waals surface area contributed by atoms with Crippen LogP contribution in [0.4, 0.5) is 13.2 Å². The maximum absolute atomic E-state index is 12.7. The summed E-state index contributed by atoms with van der Waals surface area (Å²) >= 11 is 0. The number of amides is 1. The number of carbonyl (C=O) groups is 1. The number of benzene rings is 1. The second-order valence-corrected chi connectivity index (χ2v) is 6.44. The molecule has 3 aromatic rings. The molecule has 0 aliphatic heterocycles. The average Bonchev–Trinajstić information content (AvgIpc) is 3.34. The highest BCUT2D eigenvalue weighted by atomic mass is 19.4. The SMILES string of the molecule is COc1cc(OC)cc(C(NC(=O)Cn2ccc(C(F)(F)F)n2)c2nccn2C)c1. The highest BCUT2D eigenvalue weighted by Crippen LogP contribution is 2.30. The summed E-state index contributed by atoms with van der Waals surface area (Å²) in [7, 11) is 4.77. The van der Waals surface area contributed by atoms with E-state index in [9.17, 15) is 18.0 Å². The van der Waals surface area contributed by atoms with Crippen molar-refractivity contribution in [3.05, 3.63) is 59.9 Å². The van der Waals surface area contributed by atoms with Gasteiger partial charge in [0, 0.05) is 31.7 Å². The van der Waals surface area contributed by atoms with Gasteiger partial charge in [-0.3, -0.25) is 9.48 Å². The third-order valence-corrected chi connectivity index (χ3v) is 4.37. The van der Waals surface area contributed by atoms with E-state index in [0.717, 1.165) is 16.9 Å². The second-order valence-electron chi connectivity index (χ2n) is 6.44. The fourth-order valence-corrected chi connectivity index (χ4v) is 2.90. The number of aryl methyl sites for hydroxylation is 1. The molecule has 3 rings (SSSR count). The van der Waals surface area contributed by atoms with Gasteiger partial charge in [0.1, 0.15) is 29.9 Å². The average molecular weight is 423 g/mol. The van der Waals surface area contributed by atoms with E-state index >= 15 is 0 Å². The van der Waals surface area contributed by atoms with E-state index < -0.39 is 30.4 Å². The molecule has 1 atom stereocenters. The Hall–Kier alpha value is -3.50. The molecule has 0 radical (unpaired) electrons. The molecule has 0 bridgehead atoms. The Labute approximate surface area is 170 Å². The largest absolute Gasteiger partial charge is 0.497 e. The predicted octanol–water partition coefficient (Wildman–Crippen LogP) is 2.56. The molecule has 1 amide bonds. The zero-order valence-electron chi connectivity index (χ0n) is 16.5. The number of hydrogen-bond acceptors (Lipinski definition) is 5. The lowest BCUT2D eigenvalue weighted by atomic mass is 10.0. The first-order valence-electron chi connectivity index (χ1n) is 8.81. The number of hydrogen-bond donors (Lipinski definition) is 1. The number of nitrogens with zero attached hydrogens (tertiary/aromatic N) is 4. The van der Waals surface area contributed by atoms with Crippen LogP contribution in [0.25, 0.3) is 0 Å². The Morgan fingerprint density at radius 3 is 2.33 bits per heavy atom. The molecular formula is C19H20F3N5O3. The van der Waals surface area contributed by atoms with Gasteiger partial charge in [-0.05, 0) is 23.8 Å². The molecular weight excluding hydrogens is 403 g/mol. The number of rotatable bonds is 7. The fourth-order valence-electron chi connectivity index (χ4n) is 2.90. The summed E-state index contributed by atoms with van der Waals surface area (Å²) in [4.78, 5) is 16.9. The molecule has 0 fully saturated rings. The van der Waals surface area contributed by atoms with Crippen LogP contribution in [-0.4, -0.2) is 39.5 Å². The number of methoxy groups -OCH3 is 2. The van der Waals surface area contributed by atoms with Gasteiger partial charge in [0.25, 0.3) is 0 Å². The van der Waals surface area contributed by atoms with Gasteiger partial charge in [0.05, 0.1) is 14.2 Å². The number of halogens is 3. The van der Waals surface area contributed by atoms with E-state index in [2.05, 4.69) is 15.4 Å². The van der Waals surface area contributed by atoms with E-state index in [1.54, 1.807) is 42.2 Å². The van der Waals surface area contributed by atoms with Gasteiger partial charge in [-0.25, -0.2) is 4.98 Å². The van der Waals surface area contributed by atoms with Crippen LogP contribution in [0.3, 0.4) is 0 Å². The lowest BCUT2D eigenvalue weighted by Crippen LogP contribution is -2.33. The van der Waals surface area contributed by atoms with E-state index in [1.807, 2.05) is 0 Å². The highest BCUT2D eigenvalue weighted by molar-refractivity contribution is 5.76. The molecule has 160 valence electrons. The standard InChI is InChI=1S/C19H20F3N5O3/c1-26-7-5-23-18(26)17(12-8-13(29-2)10-14(9-12)30-3)24-16(28)11-27-6-4-15(25-27)19(20,21)22/h4-10,17H,11H2,1-3H3,(H,24,28). The molecule has 0 saturated heterocycles. The molecule has 1 unspecified atom stereocenters. The first-order chi connectivity index (χ1) is 14.2. The Morgan fingerprint density at radius 2 is 1.83 bits per heavy atom. The summed E-state index contributed by atoms with van der Waals surface area (Å²) in [5.74, 6) is 1.01. The van der Waals surface area contributed by atoms with Gasteiger partial charge < -0.3 is 19.4 Å². The first kappa shape index (κ1) is 21.2. The lowest BCUT2D eigenvalue weighted by molar-refractivity contribution is -0.141. The van der Waals surface area contributed by atoms with Crippen molar-refractivity contribution in [2.24, 2.45) is 7.05 Å². The summed E-state index contributed by atoms with van der Waals surface area (Å²) in [6.07, 6.45) is -0.175. The van der Waals surface area contributed by atoms with Gasteiger partial charge in [-0.15, -0.1) is 0 Å². The van der Waals surface area contributed by atoms with Crippen LogP contribution in [0.2, 0.25) is 0 Å². The van der Waals surface area contributed by atoms with Crippen LogP contribution in [0, 0.1) is 0 Å². The van der Waals surface area contributed by atoms with E-state index in [0.29, 0.717) is 22.9 Å². The highest BCUT2D eigenvalue weighted by Gasteiger charge is 2.33. The van der Waals surface area contributed by atoms with Gasteiger partial charge in [-0.2, -0.15) is 18.3 Å². The van der Waals surface area contributed by atoms with Gasteiger partial charge in [0.2, 0.25) is 5.91 Å². The van der Waals surface area contributed by atoms with Crippen molar-refractivity contribution in [3.63, 3.8) is 0 Å². The van der Waals surface area contributed by atoms with E-state index in [4.69, 9.17) is 9.47 Å². The van der Waals surface area contributed by atoms with Crippen LogP contribution >= 0.6 is 0 Å². The zero-order valence-corrected chi connectivity index (χ0v) is 16.5. The van der Waals surface area contributed by atoms with Gasteiger partial charge in [0.15, 0.2) is 5.69 Å². The van der Waals surface area contributed by atoms with Crippen molar-refractivity contribution in [1.29, 1.82) is 0 Å². The molecule has 0 spiro atoms. The third-order valence-electron chi connectivity index (χ3n) is 4.37. The number of alkyl halides is 3. The number of nitrogens with one attached hydrogen (secondary N) is 1. The molecule has 2 aromatic heterocycles. The van der Waals surface area contributed by atoms with E-state index in [-0.39, 0.29) is 0 Å². The summed E-state index contributed by atoms with van der Waals surface area (Å²) < 4.78 is 51.4. The number of aromatic nitrogens is 4. The summed E-state index contributed by atoms with van der Waals surface area (Å²) in [5.41, 5.74) is -0.432. The molecule has 0 saturated carbocycles. The maximum atomic E-state index is 12.7. The molecule has 0 aliphatic rings. The molecule has 8 nitrogen and oxygen atoms in total. The zero-order chi connectivity index (χ0) is 21.9. The topological polar surface area (TPSA) is 83.2 Å². The van der Waals surface area contributed by atoms with Crippen LogP contribution in [0.15, 0.2) is 42.9 Å². The van der Waals surface area contributed by atoms with Crippen molar-refractivity contribution in [1.82, 2.24) is 24.6 Å². The Bertz CT molecular complexity index is 1010. The molecule has 2 heterocycles. The molecule has 11 heteroatoms. The normalized spacial score (nSPS) is 12.5. The summed E-state index contributed by atoms with van der Waals surface area (Å²) in [6.45, 7) is -0.391. The Balaban J connectivity index is 1.88. The minimum atomic E-state index is -4.58. The minimum Gasteiger partial charge on any atom is -0.497 e. The number of imidazole rings is 1. The van der Waals surface area contributed by atoms with Crippen LogP contribution in [0.1, 0.15) is 23.1 Å². The Kier molecular flexibility index (Phi) is 5.99. The van der Waals surface area contributed by atoms with Crippen LogP contribution < -0.4 is 14.8 Å². The second kappa shape index (κ2) is 8.47. The summed E-state index contributed by atoms with van der Waals surface area (Å²) in [5, 5.41) is 6.21. The van der Waals surface area contributed by atoms with Crippen molar-refractivity contribution in [3.8, 4) is 11.5 Å². The van der Waals surface area contributed by atoms with Crippen molar-refractivity contribution in [2.45, 2.75) is 18.8 Å². The number of carbonyl (C=O) groups excluding carboxylic acids is 1. The fraction of sp³-hybridized carbons (Fsp3) is 0.316. The van der Waals surface area contributed by atoms with Crippen molar-refractivity contribution >= 4 is 5.91 Å². The van der Waals surface area contributed by atoms with Gasteiger partial charge in [-0.1, -0.05) is 0 Å². The molecule has 1 N–H and O–H groups in total. The smallest absolute Gasteiger partial charge is 0.435 e. The Morgan fingerprint density at radius 1 is 1.17 bits per heavy atom. The van der Waals surface area contributed by atoms with Crippen molar-refractivity contribution in [2.75, 3.05) is 14.2 Å². The minimum absolute atomic E-state index is 0.391. The summed E-state index contributed by atoms with van der Waals surface area (Å²) in [6, 6.07) is 5.24.